The minimum Gasteiger partial charge on any atom is -0.493 e. The Labute approximate surface area is 96.3 Å². The topological polar surface area (TPSA) is 9.23 Å². The van der Waals surface area contributed by atoms with Gasteiger partial charge in [0, 0.05) is 11.9 Å². The number of ether oxygens (including phenoxy) is 1. The van der Waals surface area contributed by atoms with Crippen molar-refractivity contribution in [2.75, 3.05) is 12.5 Å². The van der Waals surface area contributed by atoms with Gasteiger partial charge in [0.1, 0.15) is 11.6 Å². The molecule has 0 heterocycles. The zero-order valence-corrected chi connectivity index (χ0v) is 9.94. The maximum absolute atomic E-state index is 13.0. The van der Waals surface area contributed by atoms with Gasteiger partial charge in [-0.2, -0.15) is 0 Å². The van der Waals surface area contributed by atoms with Crippen molar-refractivity contribution in [3.8, 4) is 5.75 Å². The summed E-state index contributed by atoms with van der Waals surface area (Å²) in [6, 6.07) is 4.73. The van der Waals surface area contributed by atoms with Crippen LogP contribution < -0.4 is 4.74 Å². The predicted molar refractivity (Wildman–Crippen MR) is 59.5 cm³/mol. The maximum atomic E-state index is 13.0. The van der Waals surface area contributed by atoms with Crippen LogP contribution in [0.25, 0.3) is 0 Å². The summed E-state index contributed by atoms with van der Waals surface area (Å²) in [6.45, 7) is 0.577. The van der Waals surface area contributed by atoms with Gasteiger partial charge in [-0.1, -0.05) is 0 Å². The molecule has 1 nitrogen and oxygen atoms in total. The molecule has 1 rings (SSSR count). The van der Waals surface area contributed by atoms with E-state index in [1.165, 1.54) is 6.07 Å². The average molecular weight is 282 g/mol. The van der Waals surface area contributed by atoms with Gasteiger partial charge in [0.25, 0.3) is 0 Å². The van der Waals surface area contributed by atoms with Crippen molar-refractivity contribution in [2.24, 2.45) is 0 Å². The van der Waals surface area contributed by atoms with Crippen molar-refractivity contribution in [3.05, 3.63) is 28.5 Å². The van der Waals surface area contributed by atoms with Crippen LogP contribution in [0.3, 0.4) is 0 Å². The molecule has 0 aliphatic heterocycles. The van der Waals surface area contributed by atoms with Gasteiger partial charge in [0.2, 0.25) is 0 Å². The lowest BCUT2D eigenvalue weighted by Gasteiger charge is -2.05. The molecular formula is C10H11BrClFO. The van der Waals surface area contributed by atoms with Crippen molar-refractivity contribution >= 4 is 27.5 Å². The molecule has 0 N–H and O–H groups in total. The Hall–Kier alpha value is -0.280. The van der Waals surface area contributed by atoms with Gasteiger partial charge < -0.3 is 4.74 Å². The number of rotatable bonds is 5. The molecule has 0 aliphatic rings. The summed E-state index contributed by atoms with van der Waals surface area (Å²) in [6.07, 6.45) is 1.81. The van der Waals surface area contributed by atoms with Gasteiger partial charge in [0.05, 0.1) is 11.1 Å². The highest BCUT2D eigenvalue weighted by Crippen LogP contribution is 2.20. The second-order valence-electron chi connectivity index (χ2n) is 2.82. The molecule has 78 valence electrons. The molecule has 4 heteroatoms. The van der Waals surface area contributed by atoms with E-state index in [2.05, 4.69) is 15.9 Å². The molecule has 0 fully saturated rings. The van der Waals surface area contributed by atoms with Crippen LogP contribution in [-0.4, -0.2) is 12.5 Å². The van der Waals surface area contributed by atoms with E-state index in [9.17, 15) is 4.39 Å². The third kappa shape index (κ3) is 3.84. The lowest BCUT2D eigenvalue weighted by atomic mass is 10.3. The molecule has 0 aliphatic carbocycles. The Morgan fingerprint density at radius 2 is 2.14 bits per heavy atom. The summed E-state index contributed by atoms with van der Waals surface area (Å²) in [5.41, 5.74) is 0. The van der Waals surface area contributed by atoms with E-state index in [4.69, 9.17) is 16.3 Å². The maximum Gasteiger partial charge on any atom is 0.141 e. The largest absolute Gasteiger partial charge is 0.493 e. The van der Waals surface area contributed by atoms with E-state index in [-0.39, 0.29) is 5.82 Å². The Bertz CT molecular complexity index is 293. The highest BCUT2D eigenvalue weighted by Gasteiger charge is 2.00. The first-order valence-corrected chi connectivity index (χ1v) is 5.70. The zero-order valence-electron chi connectivity index (χ0n) is 7.60. The minimum absolute atomic E-state index is 0.306. The molecule has 0 aromatic heterocycles. The molecule has 0 atom stereocenters. The van der Waals surface area contributed by atoms with Crippen LogP contribution in [0.15, 0.2) is 22.7 Å². The lowest BCUT2D eigenvalue weighted by Crippen LogP contribution is -1.97. The number of unbranched alkanes of at least 4 members (excludes halogenated alkanes) is 1. The standard InChI is InChI=1S/C10H11BrClFO/c11-9-4-3-8(7-10(9)13)14-6-2-1-5-12/h3-4,7H,1-2,5-6H2. The fraction of sp³-hybridized carbons (Fsp3) is 0.400. The van der Waals surface area contributed by atoms with Crippen molar-refractivity contribution < 1.29 is 9.13 Å². The Kier molecular flexibility index (Phi) is 5.26. The molecule has 1 aromatic carbocycles. The van der Waals surface area contributed by atoms with Gasteiger partial charge >= 0.3 is 0 Å². The van der Waals surface area contributed by atoms with Gasteiger partial charge in [-0.05, 0) is 40.9 Å². The van der Waals surface area contributed by atoms with E-state index in [1.54, 1.807) is 12.1 Å². The van der Waals surface area contributed by atoms with Crippen LogP contribution in [0.4, 0.5) is 4.39 Å². The summed E-state index contributed by atoms with van der Waals surface area (Å²) >= 11 is 8.58. The molecule has 0 bridgehead atoms. The van der Waals surface area contributed by atoms with E-state index in [0.717, 1.165) is 12.8 Å². The normalized spacial score (nSPS) is 10.2. The van der Waals surface area contributed by atoms with E-state index in [0.29, 0.717) is 22.7 Å². The highest BCUT2D eigenvalue weighted by molar-refractivity contribution is 9.10. The number of hydrogen-bond donors (Lipinski definition) is 0. The zero-order chi connectivity index (χ0) is 10.4. The van der Waals surface area contributed by atoms with Crippen molar-refractivity contribution in [2.45, 2.75) is 12.8 Å². The Balaban J connectivity index is 2.39. The Morgan fingerprint density at radius 1 is 1.36 bits per heavy atom. The van der Waals surface area contributed by atoms with E-state index < -0.39 is 0 Å². The van der Waals surface area contributed by atoms with Gasteiger partial charge in [-0.3, -0.25) is 0 Å². The van der Waals surface area contributed by atoms with Crippen molar-refractivity contribution in [1.82, 2.24) is 0 Å². The summed E-state index contributed by atoms with van der Waals surface area (Å²) in [5, 5.41) is 0. The molecular weight excluding hydrogens is 270 g/mol. The van der Waals surface area contributed by atoms with Crippen LogP contribution in [0.1, 0.15) is 12.8 Å². The molecule has 0 saturated carbocycles. The molecule has 0 radical (unpaired) electrons. The van der Waals surface area contributed by atoms with Gasteiger partial charge in [-0.15, -0.1) is 11.6 Å². The third-order valence-corrected chi connectivity index (χ3v) is 2.60. The first-order chi connectivity index (χ1) is 6.74. The molecule has 0 amide bonds. The van der Waals surface area contributed by atoms with Crippen LogP contribution in [-0.2, 0) is 0 Å². The monoisotopic (exact) mass is 280 g/mol. The minimum atomic E-state index is -0.306. The fourth-order valence-corrected chi connectivity index (χ4v) is 1.39. The first-order valence-electron chi connectivity index (χ1n) is 4.38. The lowest BCUT2D eigenvalue weighted by molar-refractivity contribution is 0.308. The molecule has 14 heavy (non-hydrogen) atoms. The van der Waals surface area contributed by atoms with Gasteiger partial charge in [-0.25, -0.2) is 4.39 Å². The molecule has 0 spiro atoms. The van der Waals surface area contributed by atoms with Crippen LogP contribution in [0.5, 0.6) is 5.75 Å². The SMILES string of the molecule is Fc1cc(OCCCCCl)ccc1Br. The second-order valence-corrected chi connectivity index (χ2v) is 4.05. The quantitative estimate of drug-likeness (QED) is 0.586. The summed E-state index contributed by atoms with van der Waals surface area (Å²) in [5.74, 6) is 0.887. The van der Waals surface area contributed by atoms with Gasteiger partial charge in [0.15, 0.2) is 0 Å². The summed E-state index contributed by atoms with van der Waals surface area (Å²) in [4.78, 5) is 0. The number of hydrogen-bond acceptors (Lipinski definition) is 1. The Morgan fingerprint density at radius 3 is 2.79 bits per heavy atom. The first kappa shape index (κ1) is 11.8. The molecule has 1 aromatic rings. The molecule has 0 saturated heterocycles. The second kappa shape index (κ2) is 6.25. The number of halogens is 3. The van der Waals surface area contributed by atoms with Crippen LogP contribution in [0, 0.1) is 5.82 Å². The van der Waals surface area contributed by atoms with Crippen molar-refractivity contribution in [1.29, 1.82) is 0 Å². The average Bonchev–Trinajstić information content (AvgIpc) is 2.18. The number of benzene rings is 1. The smallest absolute Gasteiger partial charge is 0.141 e. The van der Waals surface area contributed by atoms with Crippen LogP contribution >= 0.6 is 27.5 Å². The van der Waals surface area contributed by atoms with Crippen molar-refractivity contribution in [3.63, 3.8) is 0 Å². The summed E-state index contributed by atoms with van der Waals surface area (Å²) in [7, 11) is 0. The number of alkyl halides is 1. The van der Waals surface area contributed by atoms with E-state index in [1.807, 2.05) is 0 Å². The van der Waals surface area contributed by atoms with E-state index >= 15 is 0 Å². The predicted octanol–water partition coefficient (Wildman–Crippen LogP) is 3.99. The fourth-order valence-electron chi connectivity index (χ4n) is 0.953. The summed E-state index contributed by atoms with van der Waals surface area (Å²) < 4.78 is 18.8. The third-order valence-electron chi connectivity index (χ3n) is 1.69. The highest BCUT2D eigenvalue weighted by atomic mass is 79.9. The molecule has 0 unspecified atom stereocenters. The van der Waals surface area contributed by atoms with Crippen LogP contribution in [0.2, 0.25) is 0 Å².